The molecule has 1 aromatic carbocycles. The Morgan fingerprint density at radius 2 is 2.28 bits per heavy atom. The third kappa shape index (κ3) is 2.16. The lowest BCUT2D eigenvalue weighted by Gasteiger charge is -2.04. The molecule has 1 unspecified atom stereocenters. The summed E-state index contributed by atoms with van der Waals surface area (Å²) in [5, 5.41) is 4.20. The zero-order chi connectivity index (χ0) is 12.5. The second-order valence-corrected chi connectivity index (χ2v) is 5.19. The highest BCUT2D eigenvalue weighted by Crippen LogP contribution is 2.28. The molecule has 4 heteroatoms. The molecule has 3 nitrogen and oxygen atoms in total. The highest BCUT2D eigenvalue weighted by atomic mass is 35.5. The van der Waals surface area contributed by atoms with Crippen molar-refractivity contribution >= 4 is 11.6 Å². The van der Waals surface area contributed by atoms with Crippen molar-refractivity contribution in [3.8, 4) is 11.3 Å². The molecule has 0 radical (unpaired) electrons. The number of hydrogen-bond acceptors (Lipinski definition) is 2. The zero-order valence-electron chi connectivity index (χ0n) is 10.3. The van der Waals surface area contributed by atoms with Gasteiger partial charge in [-0.05, 0) is 38.4 Å². The van der Waals surface area contributed by atoms with Crippen LogP contribution >= 0.6 is 11.6 Å². The molecule has 1 fully saturated rings. The van der Waals surface area contributed by atoms with Gasteiger partial charge in [0.05, 0.1) is 11.7 Å². The number of nitrogens with one attached hydrogen (secondary N) is 2. The number of aryl methyl sites for hydroxylation is 1. The normalized spacial score (nSPS) is 19.3. The number of nitrogens with zero attached hydrogens (tertiary/aromatic N) is 1. The first kappa shape index (κ1) is 11.8. The maximum Gasteiger partial charge on any atom is 0.124 e. The molecule has 0 amide bonds. The van der Waals surface area contributed by atoms with E-state index in [1.165, 1.54) is 6.42 Å². The van der Waals surface area contributed by atoms with Gasteiger partial charge in [0.2, 0.25) is 0 Å². The van der Waals surface area contributed by atoms with Gasteiger partial charge >= 0.3 is 0 Å². The van der Waals surface area contributed by atoms with Gasteiger partial charge in [-0.2, -0.15) is 0 Å². The Kier molecular flexibility index (Phi) is 3.10. The van der Waals surface area contributed by atoms with E-state index in [0.717, 1.165) is 40.8 Å². The number of halogens is 1. The first-order chi connectivity index (χ1) is 8.74. The Labute approximate surface area is 112 Å². The molecule has 18 heavy (non-hydrogen) atoms. The minimum atomic E-state index is 0.372. The van der Waals surface area contributed by atoms with Crippen LogP contribution in [0.3, 0.4) is 0 Å². The quantitative estimate of drug-likeness (QED) is 0.869. The van der Waals surface area contributed by atoms with Crippen LogP contribution in [0.4, 0.5) is 0 Å². The van der Waals surface area contributed by atoms with E-state index in [2.05, 4.69) is 17.2 Å². The van der Waals surface area contributed by atoms with E-state index in [1.54, 1.807) is 0 Å². The van der Waals surface area contributed by atoms with Crippen molar-refractivity contribution in [3.63, 3.8) is 0 Å². The van der Waals surface area contributed by atoms with Crippen molar-refractivity contribution < 1.29 is 0 Å². The molecule has 0 aliphatic carbocycles. The third-order valence-corrected chi connectivity index (χ3v) is 3.63. The average molecular weight is 262 g/mol. The number of imidazole rings is 1. The van der Waals surface area contributed by atoms with Gasteiger partial charge in [-0.3, -0.25) is 0 Å². The van der Waals surface area contributed by atoms with Crippen LogP contribution in [0.15, 0.2) is 24.3 Å². The van der Waals surface area contributed by atoms with Gasteiger partial charge in [0, 0.05) is 16.3 Å². The van der Waals surface area contributed by atoms with E-state index in [-0.39, 0.29) is 0 Å². The molecule has 2 N–H and O–H groups in total. The van der Waals surface area contributed by atoms with E-state index < -0.39 is 0 Å². The number of rotatable bonds is 2. The van der Waals surface area contributed by atoms with E-state index in [0.29, 0.717) is 6.04 Å². The smallest absolute Gasteiger partial charge is 0.124 e. The average Bonchev–Trinajstić information content (AvgIpc) is 2.97. The van der Waals surface area contributed by atoms with Crippen molar-refractivity contribution in [2.75, 3.05) is 6.54 Å². The van der Waals surface area contributed by atoms with Crippen LogP contribution < -0.4 is 5.32 Å². The van der Waals surface area contributed by atoms with Crippen molar-refractivity contribution in [3.05, 3.63) is 40.8 Å². The second-order valence-electron chi connectivity index (χ2n) is 4.75. The number of aromatic nitrogens is 2. The molecule has 1 saturated heterocycles. The molecular weight excluding hydrogens is 246 g/mol. The molecule has 0 bridgehead atoms. The Morgan fingerprint density at radius 1 is 1.39 bits per heavy atom. The highest BCUT2D eigenvalue weighted by Gasteiger charge is 2.20. The van der Waals surface area contributed by atoms with Gasteiger partial charge < -0.3 is 10.3 Å². The van der Waals surface area contributed by atoms with Gasteiger partial charge in [0.15, 0.2) is 0 Å². The van der Waals surface area contributed by atoms with Crippen LogP contribution in [0, 0.1) is 6.92 Å². The minimum absolute atomic E-state index is 0.372. The van der Waals surface area contributed by atoms with Crippen LogP contribution in [0.5, 0.6) is 0 Å². The van der Waals surface area contributed by atoms with Gasteiger partial charge in [0.1, 0.15) is 5.82 Å². The predicted octanol–water partition coefficient (Wildman–Crippen LogP) is 3.46. The van der Waals surface area contributed by atoms with E-state index in [1.807, 2.05) is 24.3 Å². The third-order valence-electron chi connectivity index (χ3n) is 3.39. The summed E-state index contributed by atoms with van der Waals surface area (Å²) < 4.78 is 0. The largest absolute Gasteiger partial charge is 0.344 e. The topological polar surface area (TPSA) is 40.7 Å². The molecule has 1 aromatic heterocycles. The fourth-order valence-corrected chi connectivity index (χ4v) is 2.67. The first-order valence-corrected chi connectivity index (χ1v) is 6.67. The Bertz CT molecular complexity index is 556. The fraction of sp³-hybridized carbons (Fsp3) is 0.357. The van der Waals surface area contributed by atoms with Crippen molar-refractivity contribution in [2.24, 2.45) is 0 Å². The molecule has 2 heterocycles. The molecule has 94 valence electrons. The maximum absolute atomic E-state index is 6.03. The van der Waals surface area contributed by atoms with Crippen LogP contribution in [-0.2, 0) is 0 Å². The van der Waals surface area contributed by atoms with Crippen molar-refractivity contribution in [2.45, 2.75) is 25.8 Å². The van der Waals surface area contributed by atoms with Gasteiger partial charge in [-0.1, -0.05) is 23.7 Å². The van der Waals surface area contributed by atoms with Gasteiger partial charge in [-0.25, -0.2) is 4.98 Å². The zero-order valence-corrected chi connectivity index (χ0v) is 11.1. The Morgan fingerprint density at radius 3 is 3.00 bits per heavy atom. The van der Waals surface area contributed by atoms with Gasteiger partial charge in [-0.15, -0.1) is 0 Å². The maximum atomic E-state index is 6.03. The number of H-pyrrole nitrogens is 1. The fourth-order valence-electron chi connectivity index (χ4n) is 2.48. The molecular formula is C14H16ClN3. The van der Waals surface area contributed by atoms with Gasteiger partial charge in [0.25, 0.3) is 0 Å². The molecule has 1 atom stereocenters. The number of hydrogen-bond donors (Lipinski definition) is 2. The minimum Gasteiger partial charge on any atom is -0.344 e. The second kappa shape index (κ2) is 4.75. The highest BCUT2D eigenvalue weighted by molar-refractivity contribution is 6.30. The lowest BCUT2D eigenvalue weighted by molar-refractivity contribution is 0.612. The lowest BCUT2D eigenvalue weighted by Crippen LogP contribution is -2.14. The van der Waals surface area contributed by atoms with E-state index in [4.69, 9.17) is 16.6 Å². The SMILES string of the molecule is Cc1[nH]c(C2CCCN2)nc1-c1cccc(Cl)c1. The molecule has 2 aromatic rings. The van der Waals surface area contributed by atoms with Crippen molar-refractivity contribution in [1.82, 2.24) is 15.3 Å². The Hall–Kier alpha value is -1.32. The summed E-state index contributed by atoms with van der Waals surface area (Å²) in [5.74, 6) is 1.04. The lowest BCUT2D eigenvalue weighted by atomic mass is 10.1. The molecule has 0 spiro atoms. The molecule has 1 aliphatic heterocycles. The predicted molar refractivity (Wildman–Crippen MR) is 73.7 cm³/mol. The summed E-state index contributed by atoms with van der Waals surface area (Å²) in [4.78, 5) is 8.11. The van der Waals surface area contributed by atoms with Crippen LogP contribution in [0.1, 0.15) is 30.4 Å². The summed E-state index contributed by atoms with van der Waals surface area (Å²) in [6.07, 6.45) is 2.37. The van der Waals surface area contributed by atoms with Crippen LogP contribution in [0.2, 0.25) is 5.02 Å². The summed E-state index contributed by atoms with van der Waals surface area (Å²) >= 11 is 6.03. The summed E-state index contributed by atoms with van der Waals surface area (Å²) in [5.41, 5.74) is 3.17. The first-order valence-electron chi connectivity index (χ1n) is 6.30. The van der Waals surface area contributed by atoms with E-state index in [9.17, 15) is 0 Å². The van der Waals surface area contributed by atoms with Crippen LogP contribution in [-0.4, -0.2) is 16.5 Å². The number of aromatic amines is 1. The molecule has 1 aliphatic rings. The van der Waals surface area contributed by atoms with E-state index >= 15 is 0 Å². The molecule has 0 saturated carbocycles. The van der Waals surface area contributed by atoms with Crippen molar-refractivity contribution in [1.29, 1.82) is 0 Å². The summed E-state index contributed by atoms with van der Waals surface area (Å²) in [6.45, 7) is 3.14. The standard InChI is InChI=1S/C14H16ClN3/c1-9-13(10-4-2-5-11(15)8-10)18-14(17-9)12-6-3-7-16-12/h2,4-5,8,12,16H,3,6-7H2,1H3,(H,17,18). The van der Waals surface area contributed by atoms with Crippen LogP contribution in [0.25, 0.3) is 11.3 Å². The summed E-state index contributed by atoms with van der Waals surface area (Å²) in [7, 11) is 0. The number of benzene rings is 1. The molecule has 3 rings (SSSR count). The summed E-state index contributed by atoms with van der Waals surface area (Å²) in [6, 6.07) is 8.21. The Balaban J connectivity index is 1.97. The monoisotopic (exact) mass is 261 g/mol.